The van der Waals surface area contributed by atoms with Crippen molar-refractivity contribution in [3.05, 3.63) is 0 Å². The molecule has 0 rings (SSSR count). The Morgan fingerprint density at radius 2 is 1.71 bits per heavy atom. The van der Waals surface area contributed by atoms with Crippen LogP contribution < -0.4 is 5.32 Å². The molecule has 0 saturated carbocycles. The van der Waals surface area contributed by atoms with Crippen molar-refractivity contribution in [1.82, 2.24) is 5.32 Å². The average Bonchev–Trinajstić information content (AvgIpc) is 2.21. The van der Waals surface area contributed by atoms with E-state index >= 15 is 0 Å². The number of hydrogen-bond acceptors (Lipinski definition) is 4. The van der Waals surface area contributed by atoms with Gasteiger partial charge in [0.2, 0.25) is 0 Å². The van der Waals surface area contributed by atoms with Crippen LogP contribution >= 0.6 is 0 Å². The van der Waals surface area contributed by atoms with Gasteiger partial charge in [-0.25, -0.2) is 0 Å². The molecule has 0 aromatic heterocycles. The molecule has 0 aromatic rings. The zero-order valence-electron chi connectivity index (χ0n) is 9.71. The monoisotopic (exact) mass is 205 g/mol. The predicted octanol–water partition coefficient (Wildman–Crippen LogP) is 0.662. The van der Waals surface area contributed by atoms with Crippen molar-refractivity contribution in [2.45, 2.75) is 26.0 Å². The highest BCUT2D eigenvalue weighted by Gasteiger charge is 2.09. The second kappa shape index (κ2) is 9.40. The third kappa shape index (κ3) is 7.26. The molecule has 86 valence electrons. The first-order chi connectivity index (χ1) is 6.72. The number of nitrogens with one attached hydrogen (secondary N) is 1. The van der Waals surface area contributed by atoms with E-state index in [0.717, 1.165) is 0 Å². The zero-order chi connectivity index (χ0) is 10.8. The van der Waals surface area contributed by atoms with Crippen LogP contribution in [0.5, 0.6) is 0 Å². The van der Waals surface area contributed by atoms with Crippen molar-refractivity contribution in [2.24, 2.45) is 0 Å². The van der Waals surface area contributed by atoms with Crippen LogP contribution in [0.3, 0.4) is 0 Å². The smallest absolute Gasteiger partial charge is 0.0704 e. The Hall–Kier alpha value is -0.160. The summed E-state index contributed by atoms with van der Waals surface area (Å²) < 4.78 is 15.7. The summed E-state index contributed by atoms with van der Waals surface area (Å²) in [6.45, 7) is 6.69. The molecule has 0 saturated heterocycles. The highest BCUT2D eigenvalue weighted by molar-refractivity contribution is 4.65. The Kier molecular flexibility index (Phi) is 9.29. The van der Waals surface area contributed by atoms with E-state index in [2.05, 4.69) is 19.2 Å². The summed E-state index contributed by atoms with van der Waals surface area (Å²) in [6.07, 6.45) is 0.214. The van der Waals surface area contributed by atoms with Gasteiger partial charge in [-0.05, 0) is 20.9 Å². The fraction of sp³-hybridized carbons (Fsp3) is 1.00. The normalized spacial score (nSPS) is 15.4. The summed E-state index contributed by atoms with van der Waals surface area (Å²) in [5, 5.41) is 3.14. The minimum atomic E-state index is 0.214. The van der Waals surface area contributed by atoms with E-state index < -0.39 is 0 Å². The van der Waals surface area contributed by atoms with Crippen molar-refractivity contribution in [2.75, 3.05) is 40.6 Å². The molecule has 2 unspecified atom stereocenters. The molecule has 14 heavy (non-hydrogen) atoms. The summed E-state index contributed by atoms with van der Waals surface area (Å²) in [4.78, 5) is 0. The second-order valence-electron chi connectivity index (χ2n) is 3.26. The Morgan fingerprint density at radius 3 is 2.29 bits per heavy atom. The summed E-state index contributed by atoms with van der Waals surface area (Å²) in [5.74, 6) is 0. The number of ether oxygens (including phenoxy) is 3. The van der Waals surface area contributed by atoms with Gasteiger partial charge >= 0.3 is 0 Å². The van der Waals surface area contributed by atoms with Gasteiger partial charge in [0, 0.05) is 13.2 Å². The average molecular weight is 205 g/mol. The first-order valence-electron chi connectivity index (χ1n) is 5.08. The molecule has 0 aliphatic rings. The Balaban J connectivity index is 3.18. The first-order valence-corrected chi connectivity index (χ1v) is 5.08. The van der Waals surface area contributed by atoms with Crippen molar-refractivity contribution in [3.8, 4) is 0 Å². The highest BCUT2D eigenvalue weighted by atomic mass is 16.5. The number of methoxy groups -OCH3 is 1. The molecule has 1 N–H and O–H groups in total. The van der Waals surface area contributed by atoms with Gasteiger partial charge in [0.1, 0.15) is 0 Å². The lowest BCUT2D eigenvalue weighted by Gasteiger charge is -2.19. The summed E-state index contributed by atoms with van der Waals surface area (Å²) in [6, 6.07) is 0.369. The zero-order valence-corrected chi connectivity index (χ0v) is 9.71. The Bertz CT molecular complexity index is 122. The van der Waals surface area contributed by atoms with E-state index in [-0.39, 0.29) is 6.10 Å². The molecule has 4 nitrogen and oxygen atoms in total. The molecular weight excluding hydrogens is 182 g/mol. The summed E-state index contributed by atoms with van der Waals surface area (Å²) >= 11 is 0. The molecule has 0 aromatic carbocycles. The topological polar surface area (TPSA) is 39.7 Å². The molecule has 0 radical (unpaired) electrons. The lowest BCUT2D eigenvalue weighted by Crippen LogP contribution is -2.35. The minimum Gasteiger partial charge on any atom is -0.382 e. The van der Waals surface area contributed by atoms with Crippen LogP contribution in [0.25, 0.3) is 0 Å². The van der Waals surface area contributed by atoms with Crippen LogP contribution in [-0.4, -0.2) is 52.7 Å². The molecule has 0 amide bonds. The summed E-state index contributed by atoms with van der Waals surface area (Å²) in [7, 11) is 3.59. The third-order valence-corrected chi connectivity index (χ3v) is 2.20. The number of rotatable bonds is 9. The molecule has 4 heteroatoms. The van der Waals surface area contributed by atoms with Crippen LogP contribution in [0.4, 0.5) is 0 Å². The lowest BCUT2D eigenvalue weighted by atomic mass is 10.2. The SMILES string of the molecule is CNC(C)C(C)OCCOCCOC. The van der Waals surface area contributed by atoms with E-state index in [4.69, 9.17) is 14.2 Å². The molecular formula is C10H23NO3. The van der Waals surface area contributed by atoms with Crippen molar-refractivity contribution in [3.63, 3.8) is 0 Å². The van der Waals surface area contributed by atoms with Gasteiger partial charge in [0.15, 0.2) is 0 Å². The largest absolute Gasteiger partial charge is 0.382 e. The fourth-order valence-electron chi connectivity index (χ4n) is 0.916. The van der Waals surface area contributed by atoms with Crippen molar-refractivity contribution < 1.29 is 14.2 Å². The number of likely N-dealkylation sites (N-methyl/N-ethyl adjacent to an activating group) is 1. The highest BCUT2D eigenvalue weighted by Crippen LogP contribution is 1.96. The molecule has 0 fully saturated rings. The third-order valence-electron chi connectivity index (χ3n) is 2.20. The van der Waals surface area contributed by atoms with Gasteiger partial charge < -0.3 is 19.5 Å². The molecule has 0 heterocycles. The van der Waals surface area contributed by atoms with Crippen LogP contribution in [-0.2, 0) is 14.2 Å². The van der Waals surface area contributed by atoms with Gasteiger partial charge in [-0.2, -0.15) is 0 Å². The van der Waals surface area contributed by atoms with Crippen LogP contribution in [0.15, 0.2) is 0 Å². The van der Waals surface area contributed by atoms with Crippen LogP contribution in [0.2, 0.25) is 0 Å². The summed E-state index contributed by atoms with van der Waals surface area (Å²) in [5.41, 5.74) is 0. The Labute approximate surface area is 86.9 Å². The fourth-order valence-corrected chi connectivity index (χ4v) is 0.916. The second-order valence-corrected chi connectivity index (χ2v) is 3.26. The lowest BCUT2D eigenvalue weighted by molar-refractivity contribution is -0.00950. The standard InChI is InChI=1S/C10H23NO3/c1-9(11-3)10(2)14-8-7-13-6-5-12-4/h9-11H,5-8H2,1-4H3. The first kappa shape index (κ1) is 13.8. The minimum absolute atomic E-state index is 0.214. The molecule has 0 aliphatic heterocycles. The van der Waals surface area contributed by atoms with E-state index in [0.29, 0.717) is 32.5 Å². The van der Waals surface area contributed by atoms with Gasteiger partial charge in [0.25, 0.3) is 0 Å². The van der Waals surface area contributed by atoms with Gasteiger partial charge in [-0.1, -0.05) is 0 Å². The van der Waals surface area contributed by atoms with Crippen molar-refractivity contribution >= 4 is 0 Å². The van der Waals surface area contributed by atoms with Crippen LogP contribution in [0, 0.1) is 0 Å². The molecule has 0 aliphatic carbocycles. The van der Waals surface area contributed by atoms with Gasteiger partial charge in [-0.3, -0.25) is 0 Å². The van der Waals surface area contributed by atoms with E-state index in [9.17, 15) is 0 Å². The maximum Gasteiger partial charge on any atom is 0.0704 e. The van der Waals surface area contributed by atoms with Gasteiger partial charge in [-0.15, -0.1) is 0 Å². The molecule has 0 bridgehead atoms. The number of hydrogen-bond donors (Lipinski definition) is 1. The predicted molar refractivity (Wildman–Crippen MR) is 56.6 cm³/mol. The van der Waals surface area contributed by atoms with Crippen molar-refractivity contribution in [1.29, 1.82) is 0 Å². The van der Waals surface area contributed by atoms with E-state index in [1.54, 1.807) is 7.11 Å². The molecule has 2 atom stereocenters. The van der Waals surface area contributed by atoms with E-state index in [1.165, 1.54) is 0 Å². The Morgan fingerprint density at radius 1 is 1.07 bits per heavy atom. The maximum absolute atomic E-state index is 5.55. The molecule has 0 spiro atoms. The van der Waals surface area contributed by atoms with E-state index in [1.807, 2.05) is 7.05 Å². The van der Waals surface area contributed by atoms with Crippen LogP contribution in [0.1, 0.15) is 13.8 Å². The quantitative estimate of drug-likeness (QED) is 0.561. The van der Waals surface area contributed by atoms with Gasteiger partial charge in [0.05, 0.1) is 32.5 Å². The maximum atomic E-state index is 5.55.